The Hall–Kier alpha value is -0.693. The monoisotopic (exact) mass is 346 g/mol. The SMILES string of the molecule is C=CC(=O)OC(C)CCCCCC[Si](OCC)(OCC)OCC. The molecule has 1 atom stereocenters. The van der Waals surface area contributed by atoms with E-state index in [1.165, 1.54) is 6.08 Å². The Labute approximate surface area is 142 Å². The molecule has 0 aromatic rings. The molecular weight excluding hydrogens is 312 g/mol. The van der Waals surface area contributed by atoms with Gasteiger partial charge < -0.3 is 18.0 Å². The van der Waals surface area contributed by atoms with Crippen molar-refractivity contribution < 1.29 is 22.8 Å². The quantitative estimate of drug-likeness (QED) is 0.193. The van der Waals surface area contributed by atoms with E-state index in [1.807, 2.05) is 27.7 Å². The summed E-state index contributed by atoms with van der Waals surface area (Å²) in [6.07, 6.45) is 6.31. The van der Waals surface area contributed by atoms with E-state index >= 15 is 0 Å². The molecular formula is C17H34O5Si. The molecule has 0 amide bonds. The van der Waals surface area contributed by atoms with Gasteiger partial charge in [0.15, 0.2) is 0 Å². The van der Waals surface area contributed by atoms with Gasteiger partial charge in [-0.1, -0.05) is 19.4 Å². The van der Waals surface area contributed by atoms with E-state index in [9.17, 15) is 4.79 Å². The van der Waals surface area contributed by atoms with Crippen molar-refractivity contribution in [2.45, 2.75) is 71.9 Å². The standard InChI is InChI=1S/C17H34O5Si/c1-6-17(18)22-16(5)14-12-10-11-13-15-23(19-7-2,20-8-3)21-9-4/h6,16H,1,7-15H2,2-5H3. The molecule has 0 aliphatic heterocycles. The second-order valence-electron chi connectivity index (χ2n) is 5.39. The van der Waals surface area contributed by atoms with Gasteiger partial charge >= 0.3 is 14.8 Å². The first-order valence-corrected chi connectivity index (χ1v) is 10.7. The lowest BCUT2D eigenvalue weighted by Crippen LogP contribution is -2.45. The van der Waals surface area contributed by atoms with Gasteiger partial charge in [0.1, 0.15) is 0 Å². The highest BCUT2D eigenvalue weighted by molar-refractivity contribution is 6.60. The van der Waals surface area contributed by atoms with Crippen molar-refractivity contribution >= 4 is 14.8 Å². The molecule has 0 rings (SSSR count). The predicted octanol–water partition coefficient (Wildman–Crippen LogP) is 4.10. The van der Waals surface area contributed by atoms with Crippen LogP contribution in [0.5, 0.6) is 0 Å². The highest BCUT2D eigenvalue weighted by Crippen LogP contribution is 2.20. The van der Waals surface area contributed by atoms with Gasteiger partial charge in [-0.05, 0) is 47.0 Å². The van der Waals surface area contributed by atoms with Gasteiger partial charge in [-0.25, -0.2) is 4.79 Å². The predicted molar refractivity (Wildman–Crippen MR) is 94.3 cm³/mol. The van der Waals surface area contributed by atoms with Crippen LogP contribution in [0.1, 0.15) is 59.8 Å². The molecule has 0 saturated carbocycles. The summed E-state index contributed by atoms with van der Waals surface area (Å²) in [6, 6.07) is 0.865. The molecule has 23 heavy (non-hydrogen) atoms. The fraction of sp³-hybridized carbons (Fsp3) is 0.824. The van der Waals surface area contributed by atoms with Crippen molar-refractivity contribution in [3.8, 4) is 0 Å². The molecule has 0 fully saturated rings. The van der Waals surface area contributed by atoms with E-state index in [0.717, 1.165) is 38.1 Å². The van der Waals surface area contributed by atoms with Gasteiger partial charge in [0.2, 0.25) is 0 Å². The van der Waals surface area contributed by atoms with E-state index in [2.05, 4.69) is 6.58 Å². The lowest BCUT2D eigenvalue weighted by molar-refractivity contribution is -0.142. The minimum absolute atomic E-state index is 0.0516. The van der Waals surface area contributed by atoms with E-state index < -0.39 is 8.80 Å². The third kappa shape index (κ3) is 10.7. The van der Waals surface area contributed by atoms with Crippen LogP contribution in [-0.4, -0.2) is 40.7 Å². The van der Waals surface area contributed by atoms with E-state index in [1.54, 1.807) is 0 Å². The second kappa shape index (κ2) is 13.7. The molecule has 0 aromatic heterocycles. The van der Waals surface area contributed by atoms with Gasteiger partial charge in [0.25, 0.3) is 0 Å². The zero-order valence-electron chi connectivity index (χ0n) is 15.3. The molecule has 136 valence electrons. The summed E-state index contributed by atoms with van der Waals surface area (Å²) < 4.78 is 22.7. The first-order chi connectivity index (χ1) is 11.0. The van der Waals surface area contributed by atoms with Gasteiger partial charge in [-0.2, -0.15) is 0 Å². The van der Waals surface area contributed by atoms with Crippen molar-refractivity contribution in [1.29, 1.82) is 0 Å². The van der Waals surface area contributed by atoms with Crippen LogP contribution in [0.25, 0.3) is 0 Å². The third-order valence-electron chi connectivity index (χ3n) is 3.42. The zero-order valence-corrected chi connectivity index (χ0v) is 16.3. The lowest BCUT2D eigenvalue weighted by Gasteiger charge is -2.28. The molecule has 0 heterocycles. The van der Waals surface area contributed by atoms with Crippen LogP contribution in [0.15, 0.2) is 12.7 Å². The Kier molecular flexibility index (Phi) is 13.3. The van der Waals surface area contributed by atoms with Crippen molar-refractivity contribution in [3.63, 3.8) is 0 Å². The number of rotatable bonds is 15. The van der Waals surface area contributed by atoms with E-state index in [4.69, 9.17) is 18.0 Å². The number of ether oxygens (including phenoxy) is 1. The summed E-state index contributed by atoms with van der Waals surface area (Å²) in [5, 5.41) is 0. The normalized spacial score (nSPS) is 12.9. The first kappa shape index (κ1) is 22.3. The van der Waals surface area contributed by atoms with E-state index in [0.29, 0.717) is 19.8 Å². The molecule has 0 aliphatic rings. The average Bonchev–Trinajstić information content (AvgIpc) is 2.51. The van der Waals surface area contributed by atoms with Crippen LogP contribution < -0.4 is 0 Å². The van der Waals surface area contributed by atoms with Crippen LogP contribution in [0.3, 0.4) is 0 Å². The largest absolute Gasteiger partial charge is 0.500 e. The summed E-state index contributed by atoms with van der Waals surface area (Å²) in [4.78, 5) is 11.1. The molecule has 0 radical (unpaired) electrons. The number of carbonyl (C=O) groups is 1. The molecule has 5 nitrogen and oxygen atoms in total. The smallest absolute Gasteiger partial charge is 0.460 e. The van der Waals surface area contributed by atoms with Crippen molar-refractivity contribution in [3.05, 3.63) is 12.7 Å². The van der Waals surface area contributed by atoms with Crippen LogP contribution in [0.2, 0.25) is 6.04 Å². The Morgan fingerprint density at radius 1 is 1.00 bits per heavy atom. The molecule has 1 unspecified atom stereocenters. The molecule has 0 N–H and O–H groups in total. The molecule has 0 aromatic carbocycles. The number of hydrogen-bond donors (Lipinski definition) is 0. The van der Waals surface area contributed by atoms with Crippen molar-refractivity contribution in [1.82, 2.24) is 0 Å². The molecule has 0 saturated heterocycles. The Morgan fingerprint density at radius 2 is 1.52 bits per heavy atom. The first-order valence-electron chi connectivity index (χ1n) is 8.78. The van der Waals surface area contributed by atoms with Crippen LogP contribution in [-0.2, 0) is 22.8 Å². The molecule has 0 spiro atoms. The average molecular weight is 347 g/mol. The maximum atomic E-state index is 11.1. The minimum Gasteiger partial charge on any atom is -0.460 e. The number of unbranched alkanes of at least 4 members (excludes halogenated alkanes) is 3. The van der Waals surface area contributed by atoms with Crippen LogP contribution >= 0.6 is 0 Å². The molecule has 6 heteroatoms. The lowest BCUT2D eigenvalue weighted by atomic mass is 10.1. The highest BCUT2D eigenvalue weighted by Gasteiger charge is 2.39. The minimum atomic E-state index is -2.48. The maximum absolute atomic E-state index is 11.1. The zero-order chi connectivity index (χ0) is 17.6. The van der Waals surface area contributed by atoms with Crippen LogP contribution in [0.4, 0.5) is 0 Å². The Balaban J connectivity index is 3.97. The summed E-state index contributed by atoms with van der Waals surface area (Å²) in [5.41, 5.74) is 0. The summed E-state index contributed by atoms with van der Waals surface area (Å²) in [7, 11) is -2.48. The summed E-state index contributed by atoms with van der Waals surface area (Å²) in [5.74, 6) is -0.349. The number of carbonyl (C=O) groups excluding carboxylic acids is 1. The van der Waals surface area contributed by atoms with Crippen molar-refractivity contribution in [2.24, 2.45) is 0 Å². The second-order valence-corrected chi connectivity index (χ2v) is 8.12. The fourth-order valence-electron chi connectivity index (χ4n) is 2.43. The highest BCUT2D eigenvalue weighted by atomic mass is 28.4. The Morgan fingerprint density at radius 3 is 2.00 bits per heavy atom. The van der Waals surface area contributed by atoms with Gasteiger partial charge in [-0.15, -0.1) is 0 Å². The topological polar surface area (TPSA) is 54.0 Å². The van der Waals surface area contributed by atoms with Gasteiger partial charge in [-0.3, -0.25) is 0 Å². The van der Waals surface area contributed by atoms with Crippen LogP contribution in [0, 0.1) is 0 Å². The van der Waals surface area contributed by atoms with E-state index in [-0.39, 0.29) is 12.1 Å². The van der Waals surface area contributed by atoms with Crippen molar-refractivity contribution in [2.75, 3.05) is 19.8 Å². The number of hydrogen-bond acceptors (Lipinski definition) is 5. The fourth-order valence-corrected chi connectivity index (χ4v) is 5.12. The maximum Gasteiger partial charge on any atom is 0.500 e. The third-order valence-corrected chi connectivity index (χ3v) is 6.57. The summed E-state index contributed by atoms with van der Waals surface area (Å²) >= 11 is 0. The molecule has 0 bridgehead atoms. The Bertz CT molecular complexity index is 305. The van der Waals surface area contributed by atoms with Gasteiger partial charge in [0.05, 0.1) is 6.10 Å². The molecule has 0 aliphatic carbocycles. The van der Waals surface area contributed by atoms with Gasteiger partial charge in [0, 0.05) is 31.9 Å². The summed E-state index contributed by atoms with van der Waals surface area (Å²) in [6.45, 7) is 13.1. The number of esters is 1.